The van der Waals surface area contributed by atoms with Crippen molar-refractivity contribution in [2.45, 2.75) is 20.0 Å². The second-order valence-electron chi connectivity index (χ2n) is 7.62. The number of esters is 2. The molecule has 0 radical (unpaired) electrons. The molecule has 1 fully saturated rings. The molecular weight excluding hydrogens is 459 g/mol. The number of carbonyl (C=O) groups is 2. The van der Waals surface area contributed by atoms with Gasteiger partial charge in [0.1, 0.15) is 11.9 Å². The Bertz CT molecular complexity index is 1050. The van der Waals surface area contributed by atoms with Crippen LogP contribution in [-0.2, 0) is 23.8 Å². The lowest BCUT2D eigenvalue weighted by atomic mass is 9.74. The van der Waals surface area contributed by atoms with Crippen molar-refractivity contribution >= 4 is 18.0 Å². The minimum absolute atomic E-state index is 0.0353. The molecule has 1 unspecified atom stereocenters. The number of benzene rings is 2. The van der Waals surface area contributed by atoms with E-state index in [1.165, 1.54) is 45.6 Å². The van der Waals surface area contributed by atoms with Crippen molar-refractivity contribution in [1.29, 1.82) is 0 Å². The molecule has 2 aromatic rings. The van der Waals surface area contributed by atoms with E-state index in [4.69, 9.17) is 28.4 Å². The summed E-state index contributed by atoms with van der Waals surface area (Å²) in [7, 11) is 4.46. The van der Waals surface area contributed by atoms with Crippen LogP contribution in [0.4, 0.5) is 4.39 Å². The van der Waals surface area contributed by atoms with Gasteiger partial charge in [0.25, 0.3) is 0 Å². The van der Waals surface area contributed by atoms with E-state index in [9.17, 15) is 14.0 Å². The minimum Gasteiger partial charge on any atom is -0.493 e. The van der Waals surface area contributed by atoms with Crippen molar-refractivity contribution in [2.24, 2.45) is 5.41 Å². The Hall–Kier alpha value is -3.59. The lowest BCUT2D eigenvalue weighted by Crippen LogP contribution is -2.45. The largest absolute Gasteiger partial charge is 0.493 e. The fraction of sp³-hybridized carbons (Fsp3) is 0.385. The van der Waals surface area contributed by atoms with Gasteiger partial charge >= 0.3 is 11.9 Å². The van der Waals surface area contributed by atoms with E-state index in [-0.39, 0.29) is 19.8 Å². The molecule has 0 aromatic heterocycles. The molecular formula is C26H29FO8. The van der Waals surface area contributed by atoms with Gasteiger partial charge in [-0.25, -0.2) is 4.39 Å². The van der Waals surface area contributed by atoms with Gasteiger partial charge in [-0.1, -0.05) is 18.2 Å². The molecule has 3 rings (SSSR count). The number of methoxy groups -OCH3 is 3. The highest BCUT2D eigenvalue weighted by molar-refractivity contribution is 6.06. The topological polar surface area (TPSA) is 89.5 Å². The molecule has 0 saturated carbocycles. The van der Waals surface area contributed by atoms with Crippen molar-refractivity contribution in [3.8, 4) is 17.2 Å². The summed E-state index contributed by atoms with van der Waals surface area (Å²) in [6, 6.07) is 8.77. The molecule has 1 saturated heterocycles. The van der Waals surface area contributed by atoms with Gasteiger partial charge in [-0.15, -0.1) is 0 Å². The van der Waals surface area contributed by atoms with Crippen molar-refractivity contribution in [3.05, 3.63) is 58.9 Å². The fourth-order valence-corrected chi connectivity index (χ4v) is 4.15. The smallest absolute Gasteiger partial charge is 0.330 e. The second-order valence-corrected chi connectivity index (χ2v) is 7.62. The summed E-state index contributed by atoms with van der Waals surface area (Å²) in [6.45, 7) is 3.28. The van der Waals surface area contributed by atoms with Crippen LogP contribution in [0.25, 0.3) is 6.08 Å². The lowest BCUT2D eigenvalue weighted by molar-refractivity contribution is -0.174. The van der Waals surface area contributed by atoms with Gasteiger partial charge < -0.3 is 28.4 Å². The maximum Gasteiger partial charge on any atom is 0.330 e. The number of carbonyl (C=O) groups excluding carboxylic acids is 2. The maximum absolute atomic E-state index is 13.6. The van der Waals surface area contributed by atoms with Crippen LogP contribution in [0, 0.1) is 11.2 Å². The first kappa shape index (κ1) is 26.0. The lowest BCUT2D eigenvalue weighted by Gasteiger charge is -2.30. The Morgan fingerprint density at radius 1 is 0.971 bits per heavy atom. The quantitative estimate of drug-likeness (QED) is 0.385. The predicted molar refractivity (Wildman–Crippen MR) is 125 cm³/mol. The molecule has 1 aliphatic rings. The zero-order valence-corrected chi connectivity index (χ0v) is 20.4. The van der Waals surface area contributed by atoms with Crippen LogP contribution in [0.5, 0.6) is 17.2 Å². The molecule has 0 aliphatic carbocycles. The number of hydrogen-bond acceptors (Lipinski definition) is 8. The molecule has 188 valence electrons. The van der Waals surface area contributed by atoms with E-state index in [0.717, 1.165) is 0 Å². The van der Waals surface area contributed by atoms with Crippen LogP contribution >= 0.6 is 0 Å². The third-order valence-electron chi connectivity index (χ3n) is 5.70. The van der Waals surface area contributed by atoms with E-state index >= 15 is 0 Å². The summed E-state index contributed by atoms with van der Waals surface area (Å²) < 4.78 is 46.6. The van der Waals surface area contributed by atoms with Crippen LogP contribution in [0.3, 0.4) is 0 Å². The summed E-state index contributed by atoms with van der Waals surface area (Å²) in [5, 5.41) is 0. The first-order valence-corrected chi connectivity index (χ1v) is 11.1. The maximum atomic E-state index is 13.6. The Morgan fingerprint density at radius 2 is 1.51 bits per heavy atom. The Balaban J connectivity index is 2.25. The molecule has 35 heavy (non-hydrogen) atoms. The Kier molecular flexibility index (Phi) is 8.34. The van der Waals surface area contributed by atoms with Gasteiger partial charge in [0, 0.05) is 0 Å². The van der Waals surface area contributed by atoms with E-state index in [1.54, 1.807) is 32.1 Å². The molecule has 0 spiro atoms. The van der Waals surface area contributed by atoms with E-state index < -0.39 is 29.3 Å². The Labute approximate surface area is 203 Å². The standard InChI is InChI=1S/C26H29FO8/c1-6-33-24(28)26(25(29)34-7-2)18(15-35-23(26)17-8-10-19(27)11-9-17)12-16-13-20(30-3)22(32-5)21(14-16)31-4/h8-14,23H,6-7,15H2,1-5H3/b18-12+. The highest BCUT2D eigenvalue weighted by Crippen LogP contribution is 2.52. The number of rotatable bonds is 9. The average molecular weight is 489 g/mol. The summed E-state index contributed by atoms with van der Waals surface area (Å²) in [4.78, 5) is 27.0. The normalized spacial score (nSPS) is 17.7. The highest BCUT2D eigenvalue weighted by atomic mass is 19.1. The van der Waals surface area contributed by atoms with Crippen molar-refractivity contribution < 1.29 is 42.4 Å². The van der Waals surface area contributed by atoms with Gasteiger partial charge in [0.05, 0.1) is 41.2 Å². The van der Waals surface area contributed by atoms with E-state index in [1.807, 2.05) is 0 Å². The number of ether oxygens (including phenoxy) is 6. The minimum atomic E-state index is -1.94. The number of halogens is 1. The van der Waals surface area contributed by atoms with Crippen molar-refractivity contribution in [3.63, 3.8) is 0 Å². The second kappa shape index (κ2) is 11.2. The molecule has 0 bridgehead atoms. The summed E-state index contributed by atoms with van der Waals surface area (Å²) in [5.41, 5.74) is -0.626. The zero-order chi connectivity index (χ0) is 25.6. The van der Waals surface area contributed by atoms with Crippen LogP contribution in [0.2, 0.25) is 0 Å². The summed E-state index contributed by atoms with van der Waals surface area (Å²) in [6.07, 6.45) is 0.552. The van der Waals surface area contributed by atoms with Gasteiger partial charge in [0.2, 0.25) is 11.2 Å². The van der Waals surface area contributed by atoms with Crippen molar-refractivity contribution in [1.82, 2.24) is 0 Å². The van der Waals surface area contributed by atoms with Gasteiger partial charge in [0.15, 0.2) is 11.5 Å². The summed E-state index contributed by atoms with van der Waals surface area (Å²) >= 11 is 0. The summed E-state index contributed by atoms with van der Waals surface area (Å²) in [5.74, 6) is -0.909. The fourth-order valence-electron chi connectivity index (χ4n) is 4.15. The first-order valence-electron chi connectivity index (χ1n) is 11.1. The van der Waals surface area contributed by atoms with Crippen LogP contribution < -0.4 is 14.2 Å². The van der Waals surface area contributed by atoms with Gasteiger partial charge in [-0.05, 0) is 54.8 Å². The molecule has 1 atom stereocenters. The van der Waals surface area contributed by atoms with E-state index in [2.05, 4.69) is 0 Å². The van der Waals surface area contributed by atoms with Crippen molar-refractivity contribution in [2.75, 3.05) is 41.2 Å². The van der Waals surface area contributed by atoms with E-state index in [0.29, 0.717) is 33.9 Å². The molecule has 9 heteroatoms. The third kappa shape index (κ3) is 4.81. The first-order chi connectivity index (χ1) is 16.9. The molecule has 0 amide bonds. The van der Waals surface area contributed by atoms with Crippen LogP contribution in [0.1, 0.15) is 31.1 Å². The monoisotopic (exact) mass is 488 g/mol. The highest BCUT2D eigenvalue weighted by Gasteiger charge is 2.62. The molecule has 1 heterocycles. The molecule has 8 nitrogen and oxygen atoms in total. The van der Waals surface area contributed by atoms with Gasteiger partial charge in [-0.2, -0.15) is 0 Å². The SMILES string of the molecule is CCOC(=O)C1(C(=O)OCC)/C(=C/c2cc(OC)c(OC)c(OC)c2)COC1c1ccc(F)cc1. The van der Waals surface area contributed by atoms with Gasteiger partial charge in [-0.3, -0.25) is 9.59 Å². The number of hydrogen-bond donors (Lipinski definition) is 0. The predicted octanol–water partition coefficient (Wildman–Crippen LogP) is 4.12. The van der Waals surface area contributed by atoms with Crippen LogP contribution in [-0.4, -0.2) is 53.1 Å². The average Bonchev–Trinajstić information content (AvgIpc) is 3.23. The molecule has 0 N–H and O–H groups in total. The Morgan fingerprint density at radius 3 is 1.97 bits per heavy atom. The van der Waals surface area contributed by atoms with Crippen LogP contribution in [0.15, 0.2) is 42.0 Å². The molecule has 1 aliphatic heterocycles. The molecule has 2 aromatic carbocycles. The third-order valence-corrected chi connectivity index (χ3v) is 5.70. The zero-order valence-electron chi connectivity index (χ0n) is 20.4.